The van der Waals surface area contributed by atoms with E-state index in [1.165, 1.54) is 11.8 Å². The summed E-state index contributed by atoms with van der Waals surface area (Å²) in [7, 11) is -4.17. The Morgan fingerprint density at radius 1 is 1.40 bits per heavy atom. The summed E-state index contributed by atoms with van der Waals surface area (Å²) >= 11 is 1.45. The van der Waals surface area contributed by atoms with Crippen molar-refractivity contribution in [3.63, 3.8) is 0 Å². The lowest BCUT2D eigenvalue weighted by Gasteiger charge is -2.16. The summed E-state index contributed by atoms with van der Waals surface area (Å²) in [4.78, 5) is -0.777. The average molecular weight is 325 g/mol. The van der Waals surface area contributed by atoms with Crippen LogP contribution in [0.2, 0.25) is 0 Å². The van der Waals surface area contributed by atoms with Crippen molar-refractivity contribution < 1.29 is 22.3 Å². The number of nitrogens with one attached hydrogen (secondary N) is 1. The SMILES string of the molecule is CCC(CSC)NS(=O)(=O)c1cc(CO)cc(F)c1F. The van der Waals surface area contributed by atoms with Gasteiger partial charge in [-0.2, -0.15) is 11.8 Å². The Bertz CT molecular complexity index is 564. The molecule has 0 fully saturated rings. The van der Waals surface area contributed by atoms with E-state index in [9.17, 15) is 17.2 Å². The third-order valence-corrected chi connectivity index (χ3v) is 4.96. The molecule has 1 rings (SSSR count). The summed E-state index contributed by atoms with van der Waals surface area (Å²) < 4.78 is 53.6. The minimum atomic E-state index is -4.17. The van der Waals surface area contributed by atoms with E-state index in [-0.39, 0.29) is 11.6 Å². The normalized spacial score (nSPS) is 13.4. The van der Waals surface area contributed by atoms with Crippen LogP contribution in [-0.4, -0.2) is 31.6 Å². The van der Waals surface area contributed by atoms with Crippen molar-refractivity contribution >= 4 is 21.8 Å². The molecule has 8 heteroatoms. The molecule has 0 spiro atoms. The first kappa shape index (κ1) is 17.4. The molecule has 0 heterocycles. The van der Waals surface area contributed by atoms with Gasteiger partial charge in [-0.25, -0.2) is 21.9 Å². The number of aliphatic hydroxyl groups is 1. The molecule has 1 unspecified atom stereocenters. The van der Waals surface area contributed by atoms with Gasteiger partial charge >= 0.3 is 0 Å². The minimum Gasteiger partial charge on any atom is -0.392 e. The van der Waals surface area contributed by atoms with Crippen LogP contribution in [-0.2, 0) is 16.6 Å². The predicted molar refractivity (Wildman–Crippen MR) is 75.1 cm³/mol. The maximum Gasteiger partial charge on any atom is 0.243 e. The largest absolute Gasteiger partial charge is 0.392 e. The van der Waals surface area contributed by atoms with Crippen molar-refractivity contribution in [3.05, 3.63) is 29.3 Å². The van der Waals surface area contributed by atoms with Gasteiger partial charge in [0.2, 0.25) is 10.0 Å². The van der Waals surface area contributed by atoms with E-state index in [0.717, 1.165) is 12.1 Å². The lowest BCUT2D eigenvalue weighted by Crippen LogP contribution is -2.36. The number of aliphatic hydroxyl groups excluding tert-OH is 1. The number of hydrogen-bond acceptors (Lipinski definition) is 4. The molecule has 1 atom stereocenters. The number of benzene rings is 1. The van der Waals surface area contributed by atoms with Gasteiger partial charge in [0.15, 0.2) is 11.6 Å². The molecule has 0 aliphatic heterocycles. The highest BCUT2D eigenvalue weighted by molar-refractivity contribution is 7.98. The molecule has 20 heavy (non-hydrogen) atoms. The molecule has 2 N–H and O–H groups in total. The fraction of sp³-hybridized carbons (Fsp3) is 0.500. The fourth-order valence-electron chi connectivity index (χ4n) is 1.62. The molecule has 0 radical (unpaired) electrons. The number of rotatable bonds is 7. The highest BCUT2D eigenvalue weighted by Gasteiger charge is 2.25. The van der Waals surface area contributed by atoms with Crippen molar-refractivity contribution in [2.24, 2.45) is 0 Å². The van der Waals surface area contributed by atoms with Gasteiger partial charge in [-0.05, 0) is 30.4 Å². The molecule has 114 valence electrons. The first-order chi connectivity index (χ1) is 9.35. The number of sulfonamides is 1. The molecule has 0 aliphatic carbocycles. The van der Waals surface area contributed by atoms with Gasteiger partial charge in [0.05, 0.1) is 6.61 Å². The second-order valence-electron chi connectivity index (χ2n) is 4.23. The van der Waals surface area contributed by atoms with Crippen molar-refractivity contribution in [1.82, 2.24) is 4.72 Å². The molecule has 0 saturated carbocycles. The monoisotopic (exact) mass is 325 g/mol. The lowest BCUT2D eigenvalue weighted by molar-refractivity contribution is 0.280. The lowest BCUT2D eigenvalue weighted by atomic mass is 10.2. The second kappa shape index (κ2) is 7.35. The van der Waals surface area contributed by atoms with E-state index in [4.69, 9.17) is 5.11 Å². The van der Waals surface area contributed by atoms with Crippen LogP contribution in [0.1, 0.15) is 18.9 Å². The molecule has 0 amide bonds. The Labute approximate surface area is 121 Å². The topological polar surface area (TPSA) is 66.4 Å². The number of thioether (sulfide) groups is 1. The molecule has 0 aromatic heterocycles. The van der Waals surface area contributed by atoms with Gasteiger partial charge < -0.3 is 5.11 Å². The molecular formula is C12H17F2NO3S2. The predicted octanol–water partition coefficient (Wildman–Crippen LogP) is 1.88. The highest BCUT2D eigenvalue weighted by atomic mass is 32.2. The van der Waals surface area contributed by atoms with Crippen LogP contribution in [0, 0.1) is 11.6 Å². The van der Waals surface area contributed by atoms with Crippen molar-refractivity contribution in [1.29, 1.82) is 0 Å². The Hall–Kier alpha value is -0.700. The molecule has 0 aliphatic rings. The summed E-state index contributed by atoms with van der Waals surface area (Å²) in [6.45, 7) is 1.23. The van der Waals surface area contributed by atoms with Gasteiger partial charge in [-0.3, -0.25) is 0 Å². The van der Waals surface area contributed by atoms with Gasteiger partial charge in [0.1, 0.15) is 4.90 Å². The molecule has 0 bridgehead atoms. The standard InChI is InChI=1S/C12H17F2NO3S2/c1-3-9(7-19-2)15-20(17,18)11-5-8(6-16)4-10(13)12(11)14/h4-5,9,15-16H,3,6-7H2,1-2H3. The van der Waals surface area contributed by atoms with Gasteiger partial charge in [0, 0.05) is 11.8 Å². The first-order valence-corrected chi connectivity index (χ1v) is 8.83. The van der Waals surface area contributed by atoms with Gasteiger partial charge in [-0.1, -0.05) is 6.92 Å². The maximum atomic E-state index is 13.7. The van der Waals surface area contributed by atoms with Crippen LogP contribution in [0.4, 0.5) is 8.78 Å². The van der Waals surface area contributed by atoms with Crippen LogP contribution in [0.15, 0.2) is 17.0 Å². The minimum absolute atomic E-state index is 0.00203. The Morgan fingerprint density at radius 3 is 2.55 bits per heavy atom. The highest BCUT2D eigenvalue weighted by Crippen LogP contribution is 2.20. The third kappa shape index (κ3) is 4.15. The molecule has 1 aromatic rings. The smallest absolute Gasteiger partial charge is 0.243 e. The summed E-state index contributed by atoms with van der Waals surface area (Å²) in [6.07, 6.45) is 2.35. The summed E-state index contributed by atoms with van der Waals surface area (Å²) in [5, 5.41) is 8.95. The zero-order valence-corrected chi connectivity index (χ0v) is 12.8. The Morgan fingerprint density at radius 2 is 2.05 bits per heavy atom. The second-order valence-corrected chi connectivity index (χ2v) is 6.82. The zero-order valence-electron chi connectivity index (χ0n) is 11.2. The van der Waals surface area contributed by atoms with Crippen LogP contribution < -0.4 is 4.72 Å². The third-order valence-electron chi connectivity index (χ3n) is 2.71. The summed E-state index contributed by atoms with van der Waals surface area (Å²) in [6, 6.07) is 1.34. The maximum absolute atomic E-state index is 13.7. The number of hydrogen-bond donors (Lipinski definition) is 2. The molecule has 1 aromatic carbocycles. The summed E-state index contributed by atoms with van der Waals surface area (Å²) in [5.74, 6) is -2.21. The van der Waals surface area contributed by atoms with Gasteiger partial charge in [0.25, 0.3) is 0 Å². The Balaban J connectivity index is 3.18. The zero-order chi connectivity index (χ0) is 15.3. The van der Waals surface area contributed by atoms with Crippen LogP contribution in [0.3, 0.4) is 0 Å². The fourth-order valence-corrected chi connectivity index (χ4v) is 3.91. The number of halogens is 2. The first-order valence-electron chi connectivity index (χ1n) is 5.95. The van der Waals surface area contributed by atoms with E-state index >= 15 is 0 Å². The van der Waals surface area contributed by atoms with E-state index in [0.29, 0.717) is 12.2 Å². The quantitative estimate of drug-likeness (QED) is 0.803. The van der Waals surface area contributed by atoms with Crippen LogP contribution in [0.25, 0.3) is 0 Å². The van der Waals surface area contributed by atoms with Crippen LogP contribution >= 0.6 is 11.8 Å². The van der Waals surface area contributed by atoms with E-state index in [1.54, 1.807) is 6.92 Å². The summed E-state index contributed by atoms with van der Waals surface area (Å²) in [5.41, 5.74) is 0.00203. The van der Waals surface area contributed by atoms with Crippen molar-refractivity contribution in [2.75, 3.05) is 12.0 Å². The van der Waals surface area contributed by atoms with Gasteiger partial charge in [-0.15, -0.1) is 0 Å². The van der Waals surface area contributed by atoms with Crippen LogP contribution in [0.5, 0.6) is 0 Å². The molecular weight excluding hydrogens is 308 g/mol. The molecule has 0 saturated heterocycles. The van der Waals surface area contributed by atoms with E-state index in [1.807, 2.05) is 6.26 Å². The van der Waals surface area contributed by atoms with E-state index in [2.05, 4.69) is 4.72 Å². The molecule has 4 nitrogen and oxygen atoms in total. The average Bonchev–Trinajstić information content (AvgIpc) is 2.40. The van der Waals surface area contributed by atoms with E-state index < -0.39 is 33.2 Å². The Kier molecular flexibility index (Phi) is 6.38. The van der Waals surface area contributed by atoms with Crippen molar-refractivity contribution in [3.8, 4) is 0 Å². The van der Waals surface area contributed by atoms with Crippen molar-refractivity contribution in [2.45, 2.75) is 30.9 Å².